The third-order valence-electron chi connectivity index (χ3n) is 3.44. The second-order valence-electron chi connectivity index (χ2n) is 4.83. The van der Waals surface area contributed by atoms with Crippen LogP contribution >= 0.6 is 11.6 Å². The molecular weight excluding hydrogens is 316 g/mol. The molecule has 3 rings (SSSR count). The number of rotatable bonds is 4. The van der Waals surface area contributed by atoms with E-state index in [9.17, 15) is 5.11 Å². The van der Waals surface area contributed by atoms with E-state index in [-0.39, 0.29) is 10.8 Å². The van der Waals surface area contributed by atoms with Gasteiger partial charge in [-0.05, 0) is 24.3 Å². The molecule has 0 unspecified atom stereocenters. The van der Waals surface area contributed by atoms with Gasteiger partial charge in [-0.15, -0.1) is 0 Å². The molecule has 3 aromatic rings. The molecular formula is C16H15ClN4O2. The molecule has 1 heterocycles. The molecule has 0 aliphatic heterocycles. The summed E-state index contributed by atoms with van der Waals surface area (Å²) in [5.41, 5.74) is 2.31. The Bertz CT molecular complexity index is 870. The van der Waals surface area contributed by atoms with Crippen LogP contribution in [-0.4, -0.2) is 29.2 Å². The maximum atomic E-state index is 9.50. The van der Waals surface area contributed by atoms with Crippen LogP contribution in [0.4, 0.5) is 17.2 Å². The number of anilines is 3. The molecule has 0 fully saturated rings. The van der Waals surface area contributed by atoms with E-state index >= 15 is 0 Å². The molecule has 0 radical (unpaired) electrons. The number of benzene rings is 2. The lowest BCUT2D eigenvalue weighted by atomic mass is 10.2. The highest BCUT2D eigenvalue weighted by atomic mass is 35.5. The van der Waals surface area contributed by atoms with Crippen LogP contribution in [0.3, 0.4) is 0 Å². The van der Waals surface area contributed by atoms with Gasteiger partial charge in [-0.25, -0.2) is 9.97 Å². The van der Waals surface area contributed by atoms with Gasteiger partial charge in [-0.1, -0.05) is 11.6 Å². The molecule has 0 spiro atoms. The van der Waals surface area contributed by atoms with E-state index in [2.05, 4.69) is 20.6 Å². The number of hydrogen-bond donors (Lipinski definition) is 3. The van der Waals surface area contributed by atoms with Gasteiger partial charge >= 0.3 is 0 Å². The van der Waals surface area contributed by atoms with Gasteiger partial charge in [0, 0.05) is 24.2 Å². The predicted molar refractivity (Wildman–Crippen MR) is 92.0 cm³/mol. The fraction of sp³-hybridized carbons (Fsp3) is 0.125. The highest BCUT2D eigenvalue weighted by molar-refractivity contribution is 6.32. The molecule has 118 valence electrons. The van der Waals surface area contributed by atoms with Crippen molar-refractivity contribution in [2.45, 2.75) is 0 Å². The number of phenols is 1. The number of methoxy groups -OCH3 is 1. The average Bonchev–Trinajstić information content (AvgIpc) is 2.57. The van der Waals surface area contributed by atoms with Crippen molar-refractivity contribution >= 4 is 39.7 Å². The van der Waals surface area contributed by atoms with Gasteiger partial charge in [0.25, 0.3) is 0 Å². The van der Waals surface area contributed by atoms with E-state index in [1.54, 1.807) is 19.2 Å². The van der Waals surface area contributed by atoms with Crippen molar-refractivity contribution in [1.29, 1.82) is 0 Å². The van der Waals surface area contributed by atoms with Crippen LogP contribution in [0.25, 0.3) is 10.9 Å². The number of nitrogens with zero attached hydrogens (tertiary/aromatic N) is 2. The number of halogens is 1. The Morgan fingerprint density at radius 3 is 2.70 bits per heavy atom. The van der Waals surface area contributed by atoms with Crippen molar-refractivity contribution < 1.29 is 9.84 Å². The Balaban J connectivity index is 2.08. The Morgan fingerprint density at radius 2 is 2.00 bits per heavy atom. The first kappa shape index (κ1) is 15.2. The van der Waals surface area contributed by atoms with Crippen molar-refractivity contribution in [3.8, 4) is 11.5 Å². The van der Waals surface area contributed by atoms with E-state index in [1.807, 2.05) is 19.2 Å². The van der Waals surface area contributed by atoms with E-state index in [0.29, 0.717) is 11.6 Å². The zero-order chi connectivity index (χ0) is 16.4. The third kappa shape index (κ3) is 2.93. The summed E-state index contributed by atoms with van der Waals surface area (Å²) in [5.74, 6) is 1.38. The molecule has 0 amide bonds. The minimum atomic E-state index is 0.0342. The molecule has 0 bridgehead atoms. The van der Waals surface area contributed by atoms with Crippen molar-refractivity contribution in [3.05, 3.63) is 41.7 Å². The van der Waals surface area contributed by atoms with Crippen molar-refractivity contribution in [3.63, 3.8) is 0 Å². The smallest absolute Gasteiger partial charge is 0.144 e. The van der Waals surface area contributed by atoms with Crippen LogP contribution in [0, 0.1) is 0 Å². The van der Waals surface area contributed by atoms with Gasteiger partial charge in [0.05, 0.1) is 23.3 Å². The lowest BCUT2D eigenvalue weighted by Crippen LogP contribution is -1.99. The molecule has 1 aromatic heterocycles. The molecule has 0 aliphatic rings. The molecule has 7 heteroatoms. The SMILES string of the molecule is CNc1cc2c(Nc3ccc(O)c(Cl)c3)ncnc2cc1OC. The molecule has 6 nitrogen and oxygen atoms in total. The zero-order valence-corrected chi connectivity index (χ0v) is 13.3. The summed E-state index contributed by atoms with van der Waals surface area (Å²) in [6.45, 7) is 0. The summed E-state index contributed by atoms with van der Waals surface area (Å²) < 4.78 is 5.34. The van der Waals surface area contributed by atoms with E-state index in [1.165, 1.54) is 12.4 Å². The summed E-state index contributed by atoms with van der Waals surface area (Å²) in [6, 6.07) is 8.64. The lowest BCUT2D eigenvalue weighted by Gasteiger charge is -2.13. The average molecular weight is 331 g/mol. The van der Waals surface area contributed by atoms with Crippen molar-refractivity contribution in [2.75, 3.05) is 24.8 Å². The van der Waals surface area contributed by atoms with Crippen LogP contribution in [-0.2, 0) is 0 Å². The molecule has 23 heavy (non-hydrogen) atoms. The summed E-state index contributed by atoms with van der Waals surface area (Å²) >= 11 is 5.94. The van der Waals surface area contributed by atoms with Gasteiger partial charge in [0.15, 0.2) is 0 Å². The lowest BCUT2D eigenvalue weighted by molar-refractivity contribution is 0.417. The molecule has 2 aromatic carbocycles. The number of aromatic nitrogens is 2. The minimum Gasteiger partial charge on any atom is -0.506 e. The van der Waals surface area contributed by atoms with E-state index < -0.39 is 0 Å². The van der Waals surface area contributed by atoms with E-state index in [0.717, 1.165) is 22.3 Å². The summed E-state index contributed by atoms with van der Waals surface area (Å²) in [6.07, 6.45) is 1.48. The quantitative estimate of drug-likeness (QED) is 0.632. The number of fused-ring (bicyclic) bond motifs is 1. The largest absolute Gasteiger partial charge is 0.506 e. The minimum absolute atomic E-state index is 0.0342. The van der Waals surface area contributed by atoms with Crippen LogP contribution < -0.4 is 15.4 Å². The Hall–Kier alpha value is -2.73. The molecule has 0 saturated heterocycles. The summed E-state index contributed by atoms with van der Waals surface area (Å²) in [7, 11) is 3.43. The van der Waals surface area contributed by atoms with Crippen molar-refractivity contribution in [2.24, 2.45) is 0 Å². The molecule has 0 saturated carbocycles. The predicted octanol–water partition coefficient (Wildman–Crippen LogP) is 3.78. The third-order valence-corrected chi connectivity index (χ3v) is 3.74. The number of phenolic OH excluding ortho intramolecular Hbond substituents is 1. The van der Waals surface area contributed by atoms with Crippen molar-refractivity contribution in [1.82, 2.24) is 9.97 Å². The number of ether oxygens (including phenoxy) is 1. The van der Waals surface area contributed by atoms with E-state index in [4.69, 9.17) is 16.3 Å². The van der Waals surface area contributed by atoms with Crippen LogP contribution in [0.5, 0.6) is 11.5 Å². The van der Waals surface area contributed by atoms with Gasteiger partial charge < -0.3 is 20.5 Å². The number of aromatic hydroxyl groups is 1. The van der Waals surface area contributed by atoms with Crippen LogP contribution in [0.1, 0.15) is 0 Å². The number of nitrogens with one attached hydrogen (secondary N) is 2. The molecule has 0 atom stereocenters. The fourth-order valence-corrected chi connectivity index (χ4v) is 2.45. The fourth-order valence-electron chi connectivity index (χ4n) is 2.27. The van der Waals surface area contributed by atoms with Gasteiger partial charge in [-0.2, -0.15) is 0 Å². The Kier molecular flexibility index (Phi) is 4.08. The second-order valence-corrected chi connectivity index (χ2v) is 5.24. The van der Waals surface area contributed by atoms with Crippen LogP contribution in [0.15, 0.2) is 36.7 Å². The zero-order valence-electron chi connectivity index (χ0n) is 12.6. The Morgan fingerprint density at radius 1 is 1.17 bits per heavy atom. The standard InChI is InChI=1S/C16H15ClN4O2/c1-18-13-6-10-12(7-15(13)23-2)19-8-20-16(10)21-9-3-4-14(22)11(17)5-9/h3-8,18,22H,1-2H3,(H,19,20,21). The maximum absolute atomic E-state index is 9.50. The van der Waals surface area contributed by atoms with Gasteiger partial charge in [-0.3, -0.25) is 0 Å². The first-order chi connectivity index (χ1) is 11.1. The monoisotopic (exact) mass is 330 g/mol. The van der Waals surface area contributed by atoms with Gasteiger partial charge in [0.1, 0.15) is 23.6 Å². The Labute approximate surface area is 138 Å². The first-order valence-corrected chi connectivity index (χ1v) is 7.26. The highest BCUT2D eigenvalue weighted by Gasteiger charge is 2.10. The highest BCUT2D eigenvalue weighted by Crippen LogP contribution is 2.33. The maximum Gasteiger partial charge on any atom is 0.144 e. The summed E-state index contributed by atoms with van der Waals surface area (Å²) in [5, 5.41) is 16.9. The first-order valence-electron chi connectivity index (χ1n) is 6.88. The van der Waals surface area contributed by atoms with Gasteiger partial charge in [0.2, 0.25) is 0 Å². The molecule has 0 aliphatic carbocycles. The molecule has 3 N–H and O–H groups in total. The van der Waals surface area contributed by atoms with Crippen LogP contribution in [0.2, 0.25) is 5.02 Å². The second kappa shape index (κ2) is 6.18. The topological polar surface area (TPSA) is 79.3 Å². The normalized spacial score (nSPS) is 10.6. The summed E-state index contributed by atoms with van der Waals surface area (Å²) in [4.78, 5) is 8.56. The number of hydrogen-bond acceptors (Lipinski definition) is 6.